The number of para-hydroxylation sites is 1. The summed E-state index contributed by atoms with van der Waals surface area (Å²) >= 11 is 0. The lowest BCUT2D eigenvalue weighted by Crippen LogP contribution is -2.58. The van der Waals surface area contributed by atoms with Gasteiger partial charge in [0.1, 0.15) is 17.0 Å². The van der Waals surface area contributed by atoms with Gasteiger partial charge in [-0.15, -0.1) is 0 Å². The zero-order chi connectivity index (χ0) is 25.4. The summed E-state index contributed by atoms with van der Waals surface area (Å²) in [6.45, 7) is 1.79. The van der Waals surface area contributed by atoms with Gasteiger partial charge < -0.3 is 14.9 Å². The third-order valence-electron chi connectivity index (χ3n) is 6.98. The number of benzene rings is 3. The van der Waals surface area contributed by atoms with Crippen molar-refractivity contribution in [2.45, 2.75) is 24.9 Å². The Labute approximate surface area is 208 Å². The Hall–Kier alpha value is -4.17. The minimum atomic E-state index is -1.53. The molecule has 0 spiro atoms. The van der Waals surface area contributed by atoms with Gasteiger partial charge in [0.2, 0.25) is 11.8 Å². The van der Waals surface area contributed by atoms with Gasteiger partial charge in [0, 0.05) is 12.5 Å². The van der Waals surface area contributed by atoms with Crippen LogP contribution >= 0.6 is 0 Å². The number of phenols is 2. The molecule has 2 amide bonds. The fraction of sp³-hybridized carbons (Fsp3) is 0.250. The first-order valence-corrected chi connectivity index (χ1v) is 11.8. The van der Waals surface area contributed by atoms with Gasteiger partial charge in [-0.25, -0.2) is 4.90 Å². The highest BCUT2D eigenvalue weighted by atomic mass is 16.5. The maximum absolute atomic E-state index is 14.0. The topological polar surface area (TPSA) is 116 Å². The van der Waals surface area contributed by atoms with Gasteiger partial charge in [-0.1, -0.05) is 42.5 Å². The summed E-state index contributed by atoms with van der Waals surface area (Å²) in [6.07, 6.45) is 0.0729. The maximum Gasteiger partial charge on any atom is 0.327 e. The molecule has 4 atom stereocenters. The number of ether oxygens (including phenoxy) is 1. The van der Waals surface area contributed by atoms with E-state index in [1.54, 1.807) is 61.5 Å². The van der Waals surface area contributed by atoms with Crippen LogP contribution in [0.5, 0.6) is 11.5 Å². The van der Waals surface area contributed by atoms with E-state index < -0.39 is 41.2 Å². The summed E-state index contributed by atoms with van der Waals surface area (Å²) in [7, 11) is 0. The SMILES string of the molecule is CCOC(=O)[C@@]1(Cc2ccc(O)cc2)N[C@@H](c2ccc(O)cc2)[C@H]2C(=O)N(c3ccccc3)C(=O)[C@H]21. The van der Waals surface area contributed by atoms with Crippen LogP contribution in [0.2, 0.25) is 0 Å². The monoisotopic (exact) mass is 486 g/mol. The molecule has 0 radical (unpaired) electrons. The molecule has 8 nitrogen and oxygen atoms in total. The predicted octanol–water partition coefficient (Wildman–Crippen LogP) is 3.09. The number of carbonyl (C=O) groups excluding carboxylic acids is 3. The van der Waals surface area contributed by atoms with E-state index in [4.69, 9.17) is 4.74 Å². The number of nitrogens with zero attached hydrogens (tertiary/aromatic N) is 1. The molecule has 184 valence electrons. The molecule has 2 heterocycles. The average Bonchev–Trinajstić information content (AvgIpc) is 3.35. The van der Waals surface area contributed by atoms with E-state index in [1.165, 1.54) is 24.3 Å². The minimum absolute atomic E-state index is 0.0637. The number of fused-ring (bicyclic) bond motifs is 1. The number of rotatable bonds is 6. The van der Waals surface area contributed by atoms with Crippen LogP contribution in [-0.2, 0) is 25.5 Å². The highest BCUT2D eigenvalue weighted by molar-refractivity contribution is 6.24. The number of phenolic OH excluding ortho intramolecular Hbond substituents is 2. The molecular formula is C28H26N2O6. The minimum Gasteiger partial charge on any atom is -0.508 e. The first-order valence-electron chi connectivity index (χ1n) is 11.8. The zero-order valence-corrected chi connectivity index (χ0v) is 19.6. The van der Waals surface area contributed by atoms with Gasteiger partial charge in [0.05, 0.1) is 24.1 Å². The van der Waals surface area contributed by atoms with Gasteiger partial charge in [-0.2, -0.15) is 0 Å². The van der Waals surface area contributed by atoms with Crippen LogP contribution in [0.4, 0.5) is 5.69 Å². The summed E-state index contributed by atoms with van der Waals surface area (Å²) in [4.78, 5) is 42.6. The molecule has 8 heteroatoms. The molecule has 5 rings (SSSR count). The van der Waals surface area contributed by atoms with Crippen LogP contribution in [0.25, 0.3) is 0 Å². The number of carbonyl (C=O) groups is 3. The van der Waals surface area contributed by atoms with Crippen molar-refractivity contribution in [1.29, 1.82) is 0 Å². The van der Waals surface area contributed by atoms with Crippen molar-refractivity contribution in [3.05, 3.63) is 90.0 Å². The molecular weight excluding hydrogens is 460 g/mol. The Morgan fingerprint density at radius 2 is 1.53 bits per heavy atom. The van der Waals surface area contributed by atoms with Crippen molar-refractivity contribution >= 4 is 23.5 Å². The summed E-state index contributed by atoms with van der Waals surface area (Å²) in [6, 6.07) is 20.7. The molecule has 2 fully saturated rings. The van der Waals surface area contributed by atoms with Crippen molar-refractivity contribution < 1.29 is 29.3 Å². The molecule has 3 aromatic carbocycles. The highest BCUT2D eigenvalue weighted by Gasteiger charge is 2.69. The molecule has 0 unspecified atom stereocenters. The van der Waals surface area contributed by atoms with Crippen LogP contribution in [0.1, 0.15) is 24.1 Å². The Balaban J connectivity index is 1.67. The molecule has 3 N–H and O–H groups in total. The largest absolute Gasteiger partial charge is 0.508 e. The standard InChI is InChI=1S/C28H26N2O6/c1-2-36-27(35)28(16-17-8-12-20(31)13-9-17)23-22(24(29-28)18-10-14-21(32)15-11-18)25(33)30(26(23)34)19-6-4-3-5-7-19/h3-15,22-24,29,31-32H,2,16H2,1H3/t22-,23-,24-,28-/m0/s1. The third-order valence-corrected chi connectivity index (χ3v) is 6.98. The van der Waals surface area contributed by atoms with Gasteiger partial charge >= 0.3 is 5.97 Å². The van der Waals surface area contributed by atoms with Crippen LogP contribution in [0.15, 0.2) is 78.9 Å². The van der Waals surface area contributed by atoms with Gasteiger partial charge in [0.25, 0.3) is 0 Å². The quantitative estimate of drug-likeness (QED) is 0.362. The number of anilines is 1. The van der Waals surface area contributed by atoms with Crippen LogP contribution in [0.3, 0.4) is 0 Å². The second kappa shape index (κ2) is 9.13. The summed E-state index contributed by atoms with van der Waals surface area (Å²) < 4.78 is 5.49. The molecule has 36 heavy (non-hydrogen) atoms. The predicted molar refractivity (Wildman–Crippen MR) is 131 cm³/mol. The van der Waals surface area contributed by atoms with Crippen LogP contribution < -0.4 is 10.2 Å². The second-order valence-electron chi connectivity index (χ2n) is 9.10. The summed E-state index contributed by atoms with van der Waals surface area (Å²) in [5, 5.41) is 22.9. The Morgan fingerprint density at radius 1 is 0.917 bits per heavy atom. The Kier molecular flexibility index (Phi) is 5.97. The summed E-state index contributed by atoms with van der Waals surface area (Å²) in [5.41, 5.74) is 0.262. The van der Waals surface area contributed by atoms with Crippen molar-refractivity contribution in [2.75, 3.05) is 11.5 Å². The second-order valence-corrected chi connectivity index (χ2v) is 9.10. The van der Waals surface area contributed by atoms with Crippen molar-refractivity contribution in [2.24, 2.45) is 11.8 Å². The van der Waals surface area contributed by atoms with Crippen LogP contribution in [-0.4, -0.2) is 40.1 Å². The van der Waals surface area contributed by atoms with E-state index >= 15 is 0 Å². The normalized spacial score (nSPS) is 25.1. The smallest absolute Gasteiger partial charge is 0.327 e. The fourth-order valence-electron chi connectivity index (χ4n) is 5.42. The lowest BCUT2D eigenvalue weighted by atomic mass is 9.76. The van der Waals surface area contributed by atoms with E-state index in [-0.39, 0.29) is 24.5 Å². The van der Waals surface area contributed by atoms with Gasteiger partial charge in [0.15, 0.2) is 0 Å². The molecule has 0 bridgehead atoms. The number of amides is 2. The number of hydrogen-bond acceptors (Lipinski definition) is 7. The van der Waals surface area contributed by atoms with E-state index in [0.29, 0.717) is 16.8 Å². The average molecular weight is 487 g/mol. The molecule has 3 aromatic rings. The third kappa shape index (κ3) is 3.79. The Bertz CT molecular complexity index is 1290. The lowest BCUT2D eigenvalue weighted by Gasteiger charge is -2.33. The van der Waals surface area contributed by atoms with E-state index in [1.807, 2.05) is 0 Å². The number of nitrogens with one attached hydrogen (secondary N) is 1. The highest BCUT2D eigenvalue weighted by Crippen LogP contribution is 2.51. The molecule has 2 saturated heterocycles. The first kappa shape index (κ1) is 23.6. The number of hydrogen-bond donors (Lipinski definition) is 3. The molecule has 2 aliphatic heterocycles. The fourth-order valence-corrected chi connectivity index (χ4v) is 5.42. The lowest BCUT2D eigenvalue weighted by molar-refractivity contribution is -0.154. The molecule has 0 aromatic heterocycles. The van der Waals surface area contributed by atoms with Crippen molar-refractivity contribution in [3.63, 3.8) is 0 Å². The molecule has 0 saturated carbocycles. The van der Waals surface area contributed by atoms with E-state index in [0.717, 1.165) is 4.90 Å². The first-order chi connectivity index (χ1) is 17.4. The van der Waals surface area contributed by atoms with Crippen molar-refractivity contribution in [3.8, 4) is 11.5 Å². The van der Waals surface area contributed by atoms with Crippen LogP contribution in [0, 0.1) is 11.8 Å². The summed E-state index contributed by atoms with van der Waals surface area (Å²) in [5.74, 6) is -3.26. The van der Waals surface area contributed by atoms with Gasteiger partial charge in [-0.3, -0.25) is 19.7 Å². The maximum atomic E-state index is 14.0. The molecule has 0 aliphatic carbocycles. The number of esters is 1. The number of imide groups is 1. The van der Waals surface area contributed by atoms with E-state index in [9.17, 15) is 24.6 Å². The Morgan fingerprint density at radius 3 is 2.14 bits per heavy atom. The van der Waals surface area contributed by atoms with Gasteiger partial charge in [-0.05, 0) is 54.4 Å². The molecule has 2 aliphatic rings. The van der Waals surface area contributed by atoms with Crippen molar-refractivity contribution in [1.82, 2.24) is 5.32 Å². The van der Waals surface area contributed by atoms with E-state index in [2.05, 4.69) is 5.32 Å². The number of aromatic hydroxyl groups is 2. The zero-order valence-electron chi connectivity index (χ0n) is 19.6.